The fourth-order valence-corrected chi connectivity index (χ4v) is 3.99. The van der Waals surface area contributed by atoms with Crippen molar-refractivity contribution in [1.29, 1.82) is 0 Å². The molecular formula is C24H22N4O5. The number of para-hydroxylation sites is 1. The summed E-state index contributed by atoms with van der Waals surface area (Å²) in [6.45, 7) is 1.26. The van der Waals surface area contributed by atoms with E-state index in [2.05, 4.69) is 15.2 Å². The molecule has 168 valence electrons. The van der Waals surface area contributed by atoms with Gasteiger partial charge in [0.25, 0.3) is 11.5 Å². The summed E-state index contributed by atoms with van der Waals surface area (Å²) in [6, 6.07) is 14.7. The lowest BCUT2D eigenvalue weighted by atomic mass is 10.2. The summed E-state index contributed by atoms with van der Waals surface area (Å²) in [7, 11) is 0. The molecular weight excluding hydrogens is 424 g/mol. The molecule has 0 unspecified atom stereocenters. The number of carbonyl (C=O) groups is 2. The second-order valence-electron chi connectivity index (χ2n) is 7.90. The Morgan fingerprint density at radius 3 is 2.61 bits per heavy atom. The maximum Gasteiger partial charge on any atom is 0.326 e. The van der Waals surface area contributed by atoms with Crippen molar-refractivity contribution in [3.63, 3.8) is 0 Å². The van der Waals surface area contributed by atoms with E-state index in [1.807, 2.05) is 36.4 Å². The summed E-state index contributed by atoms with van der Waals surface area (Å²) in [6.07, 6.45) is 3.66. The molecule has 9 heteroatoms. The van der Waals surface area contributed by atoms with Crippen LogP contribution in [0.15, 0.2) is 64.1 Å². The van der Waals surface area contributed by atoms with E-state index in [0.29, 0.717) is 16.8 Å². The Labute approximate surface area is 188 Å². The van der Waals surface area contributed by atoms with Crippen LogP contribution in [0.1, 0.15) is 12.8 Å². The number of carbonyl (C=O) groups excluding carboxylic acids is 2. The van der Waals surface area contributed by atoms with Gasteiger partial charge in [-0.2, -0.15) is 0 Å². The summed E-state index contributed by atoms with van der Waals surface area (Å²) in [5.41, 5.74) is 2.31. The van der Waals surface area contributed by atoms with Crippen molar-refractivity contribution in [2.24, 2.45) is 0 Å². The second kappa shape index (κ2) is 8.78. The third kappa shape index (κ3) is 4.30. The van der Waals surface area contributed by atoms with Gasteiger partial charge in [-0.25, -0.2) is 4.98 Å². The van der Waals surface area contributed by atoms with Crippen LogP contribution in [0.3, 0.4) is 0 Å². The topological polar surface area (TPSA) is 107 Å². The molecule has 4 aromatic rings. The number of rotatable bonds is 6. The molecule has 0 bridgehead atoms. The third-order valence-corrected chi connectivity index (χ3v) is 5.64. The number of hydrogen-bond donors (Lipinski definition) is 1. The number of anilines is 2. The second-order valence-corrected chi connectivity index (χ2v) is 7.90. The van der Waals surface area contributed by atoms with Gasteiger partial charge in [0.1, 0.15) is 17.6 Å². The van der Waals surface area contributed by atoms with Gasteiger partial charge in [0.15, 0.2) is 6.61 Å². The molecule has 9 nitrogen and oxygen atoms in total. The van der Waals surface area contributed by atoms with Crippen molar-refractivity contribution in [3.8, 4) is 0 Å². The van der Waals surface area contributed by atoms with Gasteiger partial charge in [-0.3, -0.25) is 19.0 Å². The van der Waals surface area contributed by atoms with Gasteiger partial charge in [0.2, 0.25) is 5.58 Å². The number of nitrogens with one attached hydrogen (secondary N) is 1. The summed E-state index contributed by atoms with van der Waals surface area (Å²) >= 11 is 0. The first-order valence-electron chi connectivity index (χ1n) is 10.8. The molecule has 1 aliphatic heterocycles. The average Bonchev–Trinajstić information content (AvgIpc) is 3.49. The minimum Gasteiger partial charge on any atom is -0.454 e. The third-order valence-electron chi connectivity index (χ3n) is 5.64. The van der Waals surface area contributed by atoms with Crippen molar-refractivity contribution >= 4 is 45.3 Å². The van der Waals surface area contributed by atoms with Crippen molar-refractivity contribution in [3.05, 3.63) is 65.2 Å². The number of esters is 1. The Morgan fingerprint density at radius 1 is 1.06 bits per heavy atom. The van der Waals surface area contributed by atoms with Gasteiger partial charge in [-0.05, 0) is 49.2 Å². The summed E-state index contributed by atoms with van der Waals surface area (Å²) < 4.78 is 11.7. The molecule has 0 radical (unpaired) electrons. The Kier molecular flexibility index (Phi) is 5.52. The molecule has 5 rings (SSSR count). The van der Waals surface area contributed by atoms with Gasteiger partial charge < -0.3 is 19.4 Å². The Balaban J connectivity index is 1.18. The molecule has 0 saturated carbocycles. The number of hydrogen-bond acceptors (Lipinski definition) is 7. The van der Waals surface area contributed by atoms with Crippen LogP contribution in [0.2, 0.25) is 0 Å². The number of benzene rings is 2. The fraction of sp³-hybridized carbons (Fsp3) is 0.250. The van der Waals surface area contributed by atoms with Crippen LogP contribution in [-0.2, 0) is 20.9 Å². The van der Waals surface area contributed by atoms with Crippen LogP contribution in [-0.4, -0.2) is 41.1 Å². The molecule has 2 aromatic carbocycles. The summed E-state index contributed by atoms with van der Waals surface area (Å²) in [5, 5.41) is 3.43. The lowest BCUT2D eigenvalue weighted by Gasteiger charge is -2.17. The highest BCUT2D eigenvalue weighted by atomic mass is 16.5. The molecule has 1 saturated heterocycles. The van der Waals surface area contributed by atoms with Gasteiger partial charge in [0.05, 0.1) is 6.33 Å². The maximum absolute atomic E-state index is 12.7. The van der Waals surface area contributed by atoms with Crippen LogP contribution in [0, 0.1) is 0 Å². The van der Waals surface area contributed by atoms with E-state index in [9.17, 15) is 14.4 Å². The number of fused-ring (bicyclic) bond motifs is 3. The van der Waals surface area contributed by atoms with Gasteiger partial charge in [0, 0.05) is 29.9 Å². The molecule has 0 aliphatic carbocycles. The monoisotopic (exact) mass is 446 g/mol. The molecule has 33 heavy (non-hydrogen) atoms. The quantitative estimate of drug-likeness (QED) is 0.454. The maximum atomic E-state index is 12.7. The Bertz CT molecular complexity index is 1380. The molecule has 0 atom stereocenters. The highest BCUT2D eigenvalue weighted by Gasteiger charge is 2.16. The lowest BCUT2D eigenvalue weighted by Crippen LogP contribution is -2.27. The van der Waals surface area contributed by atoms with E-state index in [-0.39, 0.29) is 12.1 Å². The van der Waals surface area contributed by atoms with E-state index < -0.39 is 24.0 Å². The first-order chi connectivity index (χ1) is 16.1. The number of ether oxygens (including phenoxy) is 1. The Hall–Kier alpha value is -4.14. The lowest BCUT2D eigenvalue weighted by molar-refractivity contribution is -0.147. The first kappa shape index (κ1) is 20.7. The van der Waals surface area contributed by atoms with E-state index in [1.54, 1.807) is 12.1 Å². The minimum atomic E-state index is -0.728. The molecule has 0 spiro atoms. The van der Waals surface area contributed by atoms with Crippen LogP contribution in [0.5, 0.6) is 0 Å². The van der Waals surface area contributed by atoms with E-state index >= 15 is 0 Å². The highest BCUT2D eigenvalue weighted by molar-refractivity contribution is 6.01. The molecule has 1 fully saturated rings. The Morgan fingerprint density at radius 2 is 1.82 bits per heavy atom. The molecule has 1 N–H and O–H groups in total. The number of aromatic nitrogens is 2. The number of furan rings is 1. The normalized spacial score (nSPS) is 13.5. The zero-order valence-electron chi connectivity index (χ0n) is 17.8. The van der Waals surface area contributed by atoms with Gasteiger partial charge >= 0.3 is 5.97 Å². The minimum absolute atomic E-state index is 0.0709. The summed E-state index contributed by atoms with van der Waals surface area (Å²) in [4.78, 5) is 43.6. The van der Waals surface area contributed by atoms with Crippen molar-refractivity contribution < 1.29 is 18.7 Å². The predicted molar refractivity (Wildman–Crippen MR) is 123 cm³/mol. The van der Waals surface area contributed by atoms with Crippen LogP contribution < -0.4 is 15.8 Å². The molecule has 3 heterocycles. The van der Waals surface area contributed by atoms with E-state index in [0.717, 1.165) is 28.7 Å². The molecule has 2 aromatic heterocycles. The average molecular weight is 446 g/mol. The number of amides is 1. The van der Waals surface area contributed by atoms with Crippen LogP contribution in [0.4, 0.5) is 11.4 Å². The predicted octanol–water partition coefficient (Wildman–Crippen LogP) is 2.92. The van der Waals surface area contributed by atoms with Crippen LogP contribution in [0.25, 0.3) is 22.1 Å². The standard InChI is InChI=1S/C24H22N4O5/c29-20(26-16-7-9-17(10-8-16)27-11-3-4-12-27)14-32-21(30)13-28-15-25-22-18-5-1-2-6-19(18)33-23(22)24(28)31/h1-2,5-10,15H,3-4,11-14H2,(H,26,29). The van der Waals surface area contributed by atoms with Crippen molar-refractivity contribution in [1.82, 2.24) is 9.55 Å². The van der Waals surface area contributed by atoms with Crippen LogP contribution >= 0.6 is 0 Å². The highest BCUT2D eigenvalue weighted by Crippen LogP contribution is 2.24. The summed E-state index contributed by atoms with van der Waals surface area (Å²) in [5.74, 6) is -1.19. The van der Waals surface area contributed by atoms with Crippen molar-refractivity contribution in [2.75, 3.05) is 29.9 Å². The van der Waals surface area contributed by atoms with E-state index in [1.165, 1.54) is 19.2 Å². The van der Waals surface area contributed by atoms with Gasteiger partial charge in [-0.1, -0.05) is 12.1 Å². The largest absolute Gasteiger partial charge is 0.454 e. The zero-order chi connectivity index (χ0) is 22.8. The first-order valence-corrected chi connectivity index (χ1v) is 10.8. The van der Waals surface area contributed by atoms with Gasteiger partial charge in [-0.15, -0.1) is 0 Å². The number of nitrogens with zero attached hydrogens (tertiary/aromatic N) is 3. The van der Waals surface area contributed by atoms with E-state index in [4.69, 9.17) is 9.15 Å². The molecule has 1 amide bonds. The smallest absolute Gasteiger partial charge is 0.326 e. The zero-order valence-corrected chi connectivity index (χ0v) is 17.8. The molecule has 1 aliphatic rings. The van der Waals surface area contributed by atoms with Crippen molar-refractivity contribution in [2.45, 2.75) is 19.4 Å². The SMILES string of the molecule is O=C(COC(=O)Cn1cnc2c(oc3ccccc32)c1=O)Nc1ccc(N2CCCC2)cc1. The fourth-order valence-electron chi connectivity index (χ4n) is 3.99.